The van der Waals surface area contributed by atoms with E-state index in [1.54, 1.807) is 14.2 Å². The molecule has 0 bridgehead atoms. The Morgan fingerprint density at radius 1 is 1.00 bits per heavy atom. The molecule has 6 nitrogen and oxygen atoms in total. The molecule has 1 aromatic heterocycles. The van der Waals surface area contributed by atoms with Gasteiger partial charge in [0.2, 0.25) is 0 Å². The van der Waals surface area contributed by atoms with Crippen LogP contribution in [0, 0.1) is 18.3 Å². The van der Waals surface area contributed by atoms with E-state index in [2.05, 4.69) is 11.1 Å². The zero-order valence-electron chi connectivity index (χ0n) is 16.9. The summed E-state index contributed by atoms with van der Waals surface area (Å²) in [6, 6.07) is 15.4. The number of nitrogen functional groups attached to an aromatic ring is 1. The average Bonchev–Trinajstić information content (AvgIpc) is 2.74. The Bertz CT molecular complexity index is 1090. The summed E-state index contributed by atoms with van der Waals surface area (Å²) in [5.41, 5.74) is 10.2. The number of nitrogens with zero attached hydrogens (tertiary/aromatic N) is 2. The van der Waals surface area contributed by atoms with E-state index in [1.165, 1.54) is 0 Å². The SMILES string of the molecule is CCOc1ccc(-c2c(C#N)c(N)nc(C)c2-c2ccccc2OC)cc1OC. The van der Waals surface area contributed by atoms with Crippen LogP contribution >= 0.6 is 0 Å². The van der Waals surface area contributed by atoms with Gasteiger partial charge in [0.25, 0.3) is 0 Å². The molecule has 148 valence electrons. The fourth-order valence-corrected chi connectivity index (χ4v) is 3.41. The van der Waals surface area contributed by atoms with E-state index in [0.717, 1.165) is 16.7 Å². The van der Waals surface area contributed by atoms with Gasteiger partial charge in [-0.05, 0) is 37.6 Å². The van der Waals surface area contributed by atoms with Crippen molar-refractivity contribution >= 4 is 5.82 Å². The molecule has 3 aromatic rings. The van der Waals surface area contributed by atoms with Gasteiger partial charge in [-0.1, -0.05) is 24.3 Å². The fraction of sp³-hybridized carbons (Fsp3) is 0.217. The van der Waals surface area contributed by atoms with E-state index in [0.29, 0.717) is 40.7 Å². The van der Waals surface area contributed by atoms with Crippen LogP contribution in [0.5, 0.6) is 17.2 Å². The molecule has 0 unspecified atom stereocenters. The Kier molecular flexibility index (Phi) is 5.89. The molecular formula is C23H23N3O3. The summed E-state index contributed by atoms with van der Waals surface area (Å²) in [7, 11) is 3.20. The van der Waals surface area contributed by atoms with Crippen LogP contribution in [-0.2, 0) is 0 Å². The molecule has 0 amide bonds. The highest BCUT2D eigenvalue weighted by Crippen LogP contribution is 2.44. The number of nitriles is 1. The van der Waals surface area contributed by atoms with E-state index >= 15 is 0 Å². The number of aryl methyl sites for hydroxylation is 1. The monoisotopic (exact) mass is 389 g/mol. The van der Waals surface area contributed by atoms with Crippen LogP contribution in [0.2, 0.25) is 0 Å². The number of rotatable bonds is 6. The summed E-state index contributed by atoms with van der Waals surface area (Å²) in [5.74, 6) is 2.08. The first-order chi connectivity index (χ1) is 14.0. The van der Waals surface area contributed by atoms with Crippen molar-refractivity contribution in [3.8, 4) is 45.6 Å². The van der Waals surface area contributed by atoms with E-state index in [4.69, 9.17) is 19.9 Å². The van der Waals surface area contributed by atoms with Crippen molar-refractivity contribution in [3.63, 3.8) is 0 Å². The molecular weight excluding hydrogens is 366 g/mol. The molecule has 0 saturated carbocycles. The van der Waals surface area contributed by atoms with E-state index in [9.17, 15) is 5.26 Å². The second-order valence-corrected chi connectivity index (χ2v) is 6.32. The highest BCUT2D eigenvalue weighted by molar-refractivity contribution is 5.93. The fourth-order valence-electron chi connectivity index (χ4n) is 3.41. The lowest BCUT2D eigenvalue weighted by molar-refractivity contribution is 0.311. The summed E-state index contributed by atoms with van der Waals surface area (Å²) in [6.07, 6.45) is 0. The first-order valence-corrected chi connectivity index (χ1v) is 9.20. The molecule has 0 aliphatic heterocycles. The number of hydrogen-bond donors (Lipinski definition) is 1. The third-order valence-electron chi connectivity index (χ3n) is 4.65. The summed E-state index contributed by atoms with van der Waals surface area (Å²) in [4.78, 5) is 4.42. The van der Waals surface area contributed by atoms with E-state index in [-0.39, 0.29) is 5.82 Å². The van der Waals surface area contributed by atoms with Gasteiger partial charge in [0.15, 0.2) is 11.5 Å². The smallest absolute Gasteiger partial charge is 0.161 e. The van der Waals surface area contributed by atoms with Crippen molar-refractivity contribution in [2.45, 2.75) is 13.8 Å². The molecule has 3 rings (SSSR count). The highest BCUT2D eigenvalue weighted by atomic mass is 16.5. The molecule has 0 fully saturated rings. The van der Waals surface area contributed by atoms with Gasteiger partial charge >= 0.3 is 0 Å². The van der Waals surface area contributed by atoms with Crippen LogP contribution in [0.3, 0.4) is 0 Å². The summed E-state index contributed by atoms with van der Waals surface area (Å²) in [6.45, 7) is 4.30. The zero-order chi connectivity index (χ0) is 21.0. The summed E-state index contributed by atoms with van der Waals surface area (Å²) >= 11 is 0. The molecule has 2 aromatic carbocycles. The van der Waals surface area contributed by atoms with Crippen molar-refractivity contribution in [3.05, 3.63) is 53.7 Å². The number of pyridine rings is 1. The Morgan fingerprint density at radius 2 is 1.72 bits per heavy atom. The third kappa shape index (κ3) is 3.67. The largest absolute Gasteiger partial charge is 0.496 e. The molecule has 0 aliphatic rings. The minimum absolute atomic E-state index is 0.187. The second kappa shape index (κ2) is 8.53. The van der Waals surface area contributed by atoms with Gasteiger partial charge in [-0.15, -0.1) is 0 Å². The van der Waals surface area contributed by atoms with E-state index < -0.39 is 0 Å². The molecule has 6 heteroatoms. The van der Waals surface area contributed by atoms with Gasteiger partial charge in [-0.3, -0.25) is 0 Å². The van der Waals surface area contributed by atoms with Gasteiger partial charge in [-0.2, -0.15) is 5.26 Å². The first kappa shape index (κ1) is 20.0. The third-order valence-corrected chi connectivity index (χ3v) is 4.65. The standard InChI is InChI=1S/C23H23N3O3/c1-5-29-19-11-10-15(12-20(19)28-4)22-17(13-24)23(25)26-14(2)21(22)16-8-6-7-9-18(16)27-3/h6-12H,5H2,1-4H3,(H2,25,26). The maximum absolute atomic E-state index is 9.86. The lowest BCUT2D eigenvalue weighted by Crippen LogP contribution is -2.04. The van der Waals surface area contributed by atoms with Crippen molar-refractivity contribution < 1.29 is 14.2 Å². The average molecular weight is 389 g/mol. The molecule has 0 spiro atoms. The summed E-state index contributed by atoms with van der Waals surface area (Å²) in [5, 5.41) is 9.86. The predicted molar refractivity (Wildman–Crippen MR) is 113 cm³/mol. The number of nitrogens with two attached hydrogens (primary N) is 1. The molecule has 0 atom stereocenters. The van der Waals surface area contributed by atoms with Crippen molar-refractivity contribution in [2.24, 2.45) is 0 Å². The number of para-hydroxylation sites is 1. The molecule has 0 aliphatic carbocycles. The normalized spacial score (nSPS) is 10.3. The first-order valence-electron chi connectivity index (χ1n) is 9.20. The van der Waals surface area contributed by atoms with Gasteiger partial charge in [0.05, 0.1) is 20.8 Å². The summed E-state index contributed by atoms with van der Waals surface area (Å²) < 4.78 is 16.7. The molecule has 1 heterocycles. The van der Waals surface area contributed by atoms with Crippen LogP contribution < -0.4 is 19.9 Å². The topological polar surface area (TPSA) is 90.4 Å². The van der Waals surface area contributed by atoms with Gasteiger partial charge in [0.1, 0.15) is 23.2 Å². The van der Waals surface area contributed by atoms with Crippen LogP contribution in [-0.4, -0.2) is 25.8 Å². The van der Waals surface area contributed by atoms with Gasteiger partial charge in [0, 0.05) is 22.4 Å². The number of anilines is 1. The maximum atomic E-state index is 9.86. The highest BCUT2D eigenvalue weighted by Gasteiger charge is 2.22. The number of hydrogen-bond acceptors (Lipinski definition) is 6. The second-order valence-electron chi connectivity index (χ2n) is 6.32. The lowest BCUT2D eigenvalue weighted by Gasteiger charge is -2.19. The Hall–Kier alpha value is -3.72. The maximum Gasteiger partial charge on any atom is 0.161 e. The molecule has 0 saturated heterocycles. The minimum atomic E-state index is 0.187. The van der Waals surface area contributed by atoms with Crippen molar-refractivity contribution in [1.82, 2.24) is 4.98 Å². The number of aromatic nitrogens is 1. The number of methoxy groups -OCH3 is 2. The molecule has 2 N–H and O–H groups in total. The van der Waals surface area contributed by atoms with Crippen LogP contribution in [0.15, 0.2) is 42.5 Å². The van der Waals surface area contributed by atoms with Crippen LogP contribution in [0.25, 0.3) is 22.3 Å². The number of ether oxygens (including phenoxy) is 3. The quantitative estimate of drug-likeness (QED) is 0.663. The predicted octanol–water partition coefficient (Wildman–Crippen LogP) is 4.59. The van der Waals surface area contributed by atoms with Crippen molar-refractivity contribution in [2.75, 3.05) is 26.6 Å². The Labute approximate surface area is 170 Å². The van der Waals surface area contributed by atoms with E-state index in [1.807, 2.05) is 56.3 Å². The molecule has 29 heavy (non-hydrogen) atoms. The van der Waals surface area contributed by atoms with Crippen molar-refractivity contribution in [1.29, 1.82) is 5.26 Å². The van der Waals surface area contributed by atoms with Gasteiger partial charge < -0.3 is 19.9 Å². The van der Waals surface area contributed by atoms with Crippen LogP contribution in [0.1, 0.15) is 18.2 Å². The van der Waals surface area contributed by atoms with Gasteiger partial charge in [-0.25, -0.2) is 4.98 Å². The van der Waals surface area contributed by atoms with Crippen LogP contribution in [0.4, 0.5) is 5.82 Å². The zero-order valence-corrected chi connectivity index (χ0v) is 16.9. The number of benzene rings is 2. The minimum Gasteiger partial charge on any atom is -0.496 e. The lowest BCUT2D eigenvalue weighted by atomic mass is 9.89. The Morgan fingerprint density at radius 3 is 2.38 bits per heavy atom. The molecule has 0 radical (unpaired) electrons. The Balaban J connectivity index is 2.38.